The number of pyridine rings is 1. The van der Waals surface area contributed by atoms with E-state index in [1.165, 1.54) is 0 Å². The van der Waals surface area contributed by atoms with Crippen LogP contribution in [0.1, 0.15) is 12.0 Å². The van der Waals surface area contributed by atoms with Crippen LogP contribution in [0.2, 0.25) is 0 Å². The number of hydrogen-bond acceptors (Lipinski definition) is 5. The molecule has 0 atom stereocenters. The zero-order chi connectivity index (χ0) is 16.3. The first-order valence-electron chi connectivity index (χ1n) is 7.99. The predicted molar refractivity (Wildman–Crippen MR) is 92.1 cm³/mol. The highest BCUT2D eigenvalue weighted by atomic mass is 15.3. The molecule has 1 aromatic rings. The first-order valence-corrected chi connectivity index (χ1v) is 7.99. The summed E-state index contributed by atoms with van der Waals surface area (Å²) in [4.78, 5) is 13.4. The van der Waals surface area contributed by atoms with E-state index in [9.17, 15) is 0 Å². The number of nitrogens with zero attached hydrogens (tertiary/aromatic N) is 5. The number of nitriles is 1. The molecule has 0 saturated carbocycles. The summed E-state index contributed by atoms with van der Waals surface area (Å²) in [7, 11) is 0. The van der Waals surface area contributed by atoms with Crippen LogP contribution in [0.15, 0.2) is 42.2 Å². The smallest absolute Gasteiger partial charge is 0.182 e. The standard InChI is InChI=1S/C17H24N6/c1-2-9-22-11-13-23(14-12-22)10-3-6-20-17(21-15-18)16-4-7-19-8-5-16/h2,4-5,7-8H,1,3,6,9-14H2,(H,20,21). The lowest BCUT2D eigenvalue weighted by Gasteiger charge is -2.33. The van der Waals surface area contributed by atoms with Crippen molar-refractivity contribution in [1.82, 2.24) is 20.1 Å². The van der Waals surface area contributed by atoms with Crippen molar-refractivity contribution in [2.75, 3.05) is 45.8 Å². The molecule has 23 heavy (non-hydrogen) atoms. The van der Waals surface area contributed by atoms with Crippen LogP contribution >= 0.6 is 0 Å². The Labute approximate surface area is 138 Å². The van der Waals surface area contributed by atoms with Gasteiger partial charge in [-0.05, 0) is 25.1 Å². The maximum atomic E-state index is 8.85. The molecular formula is C17H24N6. The van der Waals surface area contributed by atoms with Crippen LogP contribution in [0.4, 0.5) is 0 Å². The molecule has 0 amide bonds. The van der Waals surface area contributed by atoms with Crippen molar-refractivity contribution >= 4 is 5.84 Å². The molecule has 1 aromatic heterocycles. The molecule has 6 heteroatoms. The number of hydrogen-bond donors (Lipinski definition) is 1. The quantitative estimate of drug-likeness (QED) is 0.204. The van der Waals surface area contributed by atoms with Crippen LogP contribution in [0.5, 0.6) is 0 Å². The molecule has 0 aromatic carbocycles. The normalized spacial score (nSPS) is 16.7. The summed E-state index contributed by atoms with van der Waals surface area (Å²) in [6.07, 6.45) is 8.30. The zero-order valence-corrected chi connectivity index (χ0v) is 13.5. The van der Waals surface area contributed by atoms with Crippen LogP contribution in [-0.4, -0.2) is 66.4 Å². The monoisotopic (exact) mass is 312 g/mol. The van der Waals surface area contributed by atoms with Gasteiger partial charge in [-0.25, -0.2) is 0 Å². The van der Waals surface area contributed by atoms with Crippen LogP contribution < -0.4 is 5.32 Å². The average Bonchev–Trinajstić information content (AvgIpc) is 2.60. The Hall–Kier alpha value is -2.23. The van der Waals surface area contributed by atoms with Crippen molar-refractivity contribution in [3.05, 3.63) is 42.7 Å². The summed E-state index contributed by atoms with van der Waals surface area (Å²) in [5, 5.41) is 11.5. The number of nitrogens with one attached hydrogen (secondary N) is 1. The Bertz CT molecular complexity index is 540. The first kappa shape index (κ1) is 17.1. The van der Waals surface area contributed by atoms with E-state index in [0.717, 1.165) is 51.3 Å². The minimum Gasteiger partial charge on any atom is -0.301 e. The molecule has 1 saturated heterocycles. The Balaban J connectivity index is 1.75. The van der Waals surface area contributed by atoms with E-state index in [1.807, 2.05) is 24.4 Å². The molecule has 1 fully saturated rings. The maximum Gasteiger partial charge on any atom is 0.182 e. The van der Waals surface area contributed by atoms with Gasteiger partial charge in [0.2, 0.25) is 0 Å². The van der Waals surface area contributed by atoms with Crippen LogP contribution in [0.3, 0.4) is 0 Å². The van der Waals surface area contributed by atoms with Gasteiger partial charge in [0, 0.05) is 57.2 Å². The lowest BCUT2D eigenvalue weighted by Crippen LogP contribution is -2.46. The fourth-order valence-corrected chi connectivity index (χ4v) is 2.63. The van der Waals surface area contributed by atoms with E-state index < -0.39 is 0 Å². The summed E-state index contributed by atoms with van der Waals surface area (Å²) >= 11 is 0. The second kappa shape index (κ2) is 9.72. The Morgan fingerprint density at radius 1 is 1.30 bits per heavy atom. The average molecular weight is 312 g/mol. The molecule has 0 spiro atoms. The summed E-state index contributed by atoms with van der Waals surface area (Å²) in [6, 6.07) is 3.70. The van der Waals surface area contributed by atoms with Crippen molar-refractivity contribution in [3.8, 4) is 6.19 Å². The molecule has 0 bridgehead atoms. The second-order valence-corrected chi connectivity index (χ2v) is 5.49. The minimum absolute atomic E-state index is 0.616. The Morgan fingerprint density at radius 2 is 2.00 bits per heavy atom. The van der Waals surface area contributed by atoms with Crippen molar-refractivity contribution in [2.24, 2.45) is 4.99 Å². The molecule has 0 aliphatic carbocycles. The zero-order valence-electron chi connectivity index (χ0n) is 13.5. The van der Waals surface area contributed by atoms with Crippen LogP contribution in [-0.2, 0) is 0 Å². The van der Waals surface area contributed by atoms with Gasteiger partial charge in [-0.1, -0.05) is 6.08 Å². The van der Waals surface area contributed by atoms with Crippen molar-refractivity contribution in [1.29, 1.82) is 5.26 Å². The van der Waals surface area contributed by atoms with Gasteiger partial charge >= 0.3 is 0 Å². The summed E-state index contributed by atoms with van der Waals surface area (Å²) in [6.45, 7) is 10.9. The lowest BCUT2D eigenvalue weighted by atomic mass is 10.2. The first-order chi connectivity index (χ1) is 11.3. The van der Waals surface area contributed by atoms with E-state index in [-0.39, 0.29) is 0 Å². The summed E-state index contributed by atoms with van der Waals surface area (Å²) in [5.41, 5.74) is 0.889. The van der Waals surface area contributed by atoms with Crippen LogP contribution in [0, 0.1) is 11.5 Å². The van der Waals surface area contributed by atoms with Crippen molar-refractivity contribution < 1.29 is 0 Å². The topological polar surface area (TPSA) is 67.5 Å². The largest absolute Gasteiger partial charge is 0.301 e. The minimum atomic E-state index is 0.616. The third-order valence-corrected chi connectivity index (χ3v) is 3.88. The molecule has 2 rings (SSSR count). The SMILES string of the molecule is C=CCN1CCN(CCCN=C(NC#N)c2ccncc2)CC1. The number of piperazine rings is 1. The fraction of sp³-hybridized carbons (Fsp3) is 0.471. The van der Waals surface area contributed by atoms with Gasteiger partial charge in [0.25, 0.3) is 0 Å². The highest BCUT2D eigenvalue weighted by Crippen LogP contribution is 2.03. The van der Waals surface area contributed by atoms with Gasteiger partial charge in [-0.2, -0.15) is 5.26 Å². The van der Waals surface area contributed by atoms with Gasteiger partial charge in [0.15, 0.2) is 6.19 Å². The Kier molecular flexibility index (Phi) is 7.24. The van der Waals surface area contributed by atoms with Gasteiger partial charge in [0.05, 0.1) is 0 Å². The molecule has 6 nitrogen and oxygen atoms in total. The molecule has 1 N–H and O–H groups in total. The van der Waals surface area contributed by atoms with E-state index in [2.05, 4.69) is 31.7 Å². The number of amidine groups is 1. The van der Waals surface area contributed by atoms with E-state index >= 15 is 0 Å². The molecule has 0 radical (unpaired) electrons. The molecule has 2 heterocycles. The van der Waals surface area contributed by atoms with Gasteiger partial charge < -0.3 is 4.90 Å². The van der Waals surface area contributed by atoms with E-state index in [1.54, 1.807) is 12.4 Å². The fourth-order valence-electron chi connectivity index (χ4n) is 2.63. The molecule has 1 aliphatic heterocycles. The molecule has 0 unspecified atom stereocenters. The third kappa shape index (κ3) is 5.81. The van der Waals surface area contributed by atoms with Gasteiger partial charge in [-0.15, -0.1) is 6.58 Å². The maximum absolute atomic E-state index is 8.85. The number of aromatic nitrogens is 1. The second-order valence-electron chi connectivity index (χ2n) is 5.49. The van der Waals surface area contributed by atoms with E-state index in [4.69, 9.17) is 5.26 Å². The van der Waals surface area contributed by atoms with Crippen LogP contribution in [0.25, 0.3) is 0 Å². The van der Waals surface area contributed by atoms with E-state index in [0.29, 0.717) is 12.4 Å². The summed E-state index contributed by atoms with van der Waals surface area (Å²) < 4.78 is 0. The Morgan fingerprint density at radius 3 is 2.65 bits per heavy atom. The molecular weight excluding hydrogens is 288 g/mol. The van der Waals surface area contributed by atoms with Crippen molar-refractivity contribution in [3.63, 3.8) is 0 Å². The van der Waals surface area contributed by atoms with Gasteiger partial charge in [0.1, 0.15) is 5.84 Å². The highest BCUT2D eigenvalue weighted by Gasteiger charge is 2.14. The summed E-state index contributed by atoms with van der Waals surface area (Å²) in [5.74, 6) is 0.616. The number of rotatable bonds is 7. The van der Waals surface area contributed by atoms with Crippen molar-refractivity contribution in [2.45, 2.75) is 6.42 Å². The molecule has 122 valence electrons. The third-order valence-electron chi connectivity index (χ3n) is 3.88. The number of aliphatic imine (C=N–C) groups is 1. The van der Waals surface area contributed by atoms with Gasteiger partial charge in [-0.3, -0.25) is 20.2 Å². The predicted octanol–water partition coefficient (Wildman–Crippen LogP) is 1.09. The highest BCUT2D eigenvalue weighted by molar-refractivity contribution is 5.99. The molecule has 1 aliphatic rings. The lowest BCUT2D eigenvalue weighted by molar-refractivity contribution is 0.142.